The maximum Gasteiger partial charge on any atom is 0.321 e. The minimum absolute atomic E-state index is 0. The van der Waals surface area contributed by atoms with Crippen molar-refractivity contribution in [3.05, 3.63) is 59.9 Å². The fourth-order valence-corrected chi connectivity index (χ4v) is 2.54. The summed E-state index contributed by atoms with van der Waals surface area (Å²) in [5.41, 5.74) is 1.43. The number of hydrogen-bond acceptors (Lipinski definition) is 3. The highest BCUT2D eigenvalue weighted by atomic mass is 35.5. The van der Waals surface area contributed by atoms with E-state index in [2.05, 4.69) is 16.0 Å². The van der Waals surface area contributed by atoms with Gasteiger partial charge in [0.05, 0.1) is 0 Å². The summed E-state index contributed by atoms with van der Waals surface area (Å²) < 4.78 is 13.1. The summed E-state index contributed by atoms with van der Waals surface area (Å²) in [6, 6.07) is 12.1. The van der Waals surface area contributed by atoms with Gasteiger partial charge in [-0.25, -0.2) is 9.18 Å². The summed E-state index contributed by atoms with van der Waals surface area (Å²) in [6.07, 6.45) is 0. The molecule has 0 aromatic heterocycles. The Bertz CT molecular complexity index is 764. The van der Waals surface area contributed by atoms with Crippen LogP contribution in [-0.4, -0.2) is 43.0 Å². The van der Waals surface area contributed by atoms with Crippen LogP contribution >= 0.6 is 12.4 Å². The zero-order valence-electron chi connectivity index (χ0n) is 14.0. The molecule has 1 aliphatic rings. The van der Waals surface area contributed by atoms with E-state index in [-0.39, 0.29) is 24.3 Å². The Labute approximate surface area is 157 Å². The molecule has 138 valence electrons. The van der Waals surface area contributed by atoms with E-state index in [1.165, 1.54) is 18.2 Å². The van der Waals surface area contributed by atoms with Crippen molar-refractivity contribution >= 4 is 35.7 Å². The molecule has 3 rings (SSSR count). The quantitative estimate of drug-likeness (QED) is 0.768. The first-order valence-corrected chi connectivity index (χ1v) is 8.05. The summed E-state index contributed by atoms with van der Waals surface area (Å²) in [7, 11) is 0. The van der Waals surface area contributed by atoms with E-state index in [0.717, 1.165) is 13.1 Å². The number of carbonyl (C=O) groups is 2. The monoisotopic (exact) mass is 378 g/mol. The molecular weight excluding hydrogens is 359 g/mol. The zero-order chi connectivity index (χ0) is 17.6. The van der Waals surface area contributed by atoms with E-state index in [4.69, 9.17) is 0 Å². The number of benzene rings is 2. The molecule has 2 aromatic carbocycles. The van der Waals surface area contributed by atoms with E-state index >= 15 is 0 Å². The van der Waals surface area contributed by atoms with Crippen LogP contribution in [0.4, 0.5) is 20.6 Å². The van der Waals surface area contributed by atoms with Crippen molar-refractivity contribution in [3.63, 3.8) is 0 Å². The summed E-state index contributed by atoms with van der Waals surface area (Å²) >= 11 is 0. The lowest BCUT2D eigenvalue weighted by Crippen LogP contribution is -2.48. The highest BCUT2D eigenvalue weighted by Gasteiger charge is 2.16. The molecule has 3 amide bonds. The maximum atomic E-state index is 13.1. The number of rotatable bonds is 3. The Balaban J connectivity index is 0.00000243. The molecule has 0 atom stereocenters. The predicted molar refractivity (Wildman–Crippen MR) is 102 cm³/mol. The van der Waals surface area contributed by atoms with E-state index in [9.17, 15) is 14.0 Å². The molecule has 6 nitrogen and oxygen atoms in total. The molecule has 0 bridgehead atoms. The van der Waals surface area contributed by atoms with Crippen molar-refractivity contribution in [2.24, 2.45) is 0 Å². The topological polar surface area (TPSA) is 73.5 Å². The molecule has 26 heavy (non-hydrogen) atoms. The average molecular weight is 379 g/mol. The van der Waals surface area contributed by atoms with Gasteiger partial charge in [-0.05, 0) is 42.5 Å². The SMILES string of the molecule is Cl.O=C(Nc1cccc(F)c1)c1ccc(NC(=O)N2CCNCC2)cc1. The summed E-state index contributed by atoms with van der Waals surface area (Å²) in [4.78, 5) is 26.0. The first-order valence-electron chi connectivity index (χ1n) is 8.05. The first-order chi connectivity index (χ1) is 12.1. The number of nitrogens with one attached hydrogen (secondary N) is 3. The van der Waals surface area contributed by atoms with Crippen LogP contribution in [0.1, 0.15) is 10.4 Å². The largest absolute Gasteiger partial charge is 0.322 e. The summed E-state index contributed by atoms with van der Waals surface area (Å²) in [5, 5.41) is 8.63. The number of nitrogens with zero attached hydrogens (tertiary/aromatic N) is 1. The van der Waals surface area contributed by atoms with E-state index in [1.807, 2.05) is 0 Å². The zero-order valence-corrected chi connectivity index (χ0v) is 14.8. The molecule has 8 heteroatoms. The van der Waals surface area contributed by atoms with Crippen molar-refractivity contribution in [3.8, 4) is 0 Å². The van der Waals surface area contributed by atoms with Crippen LogP contribution in [0.25, 0.3) is 0 Å². The van der Waals surface area contributed by atoms with Crippen molar-refractivity contribution in [2.45, 2.75) is 0 Å². The second-order valence-corrected chi connectivity index (χ2v) is 5.71. The van der Waals surface area contributed by atoms with Gasteiger partial charge < -0.3 is 20.9 Å². The number of carbonyl (C=O) groups excluding carboxylic acids is 2. The summed E-state index contributed by atoms with van der Waals surface area (Å²) in [6.45, 7) is 2.90. The highest BCUT2D eigenvalue weighted by Crippen LogP contribution is 2.14. The second-order valence-electron chi connectivity index (χ2n) is 5.71. The van der Waals surface area contributed by atoms with Gasteiger partial charge in [0.1, 0.15) is 5.82 Å². The number of hydrogen-bond donors (Lipinski definition) is 3. The minimum Gasteiger partial charge on any atom is -0.322 e. The Morgan fingerprint density at radius 1 is 0.962 bits per heavy atom. The van der Waals surface area contributed by atoms with E-state index in [1.54, 1.807) is 35.2 Å². The molecule has 0 radical (unpaired) electrons. The third-order valence-electron chi connectivity index (χ3n) is 3.89. The van der Waals surface area contributed by atoms with Gasteiger partial charge in [0.2, 0.25) is 0 Å². The van der Waals surface area contributed by atoms with E-state index < -0.39 is 5.82 Å². The van der Waals surface area contributed by atoms with Gasteiger partial charge >= 0.3 is 6.03 Å². The number of urea groups is 1. The fraction of sp³-hybridized carbons (Fsp3) is 0.222. The van der Waals surface area contributed by atoms with Crippen molar-refractivity contribution in [1.29, 1.82) is 0 Å². The normalized spacial score (nSPS) is 13.5. The Morgan fingerprint density at radius 2 is 1.65 bits per heavy atom. The Hall–Kier alpha value is -2.64. The highest BCUT2D eigenvalue weighted by molar-refractivity contribution is 6.04. The fourth-order valence-electron chi connectivity index (χ4n) is 2.54. The molecule has 0 saturated carbocycles. The van der Waals surface area contributed by atoms with Crippen LogP contribution in [0.15, 0.2) is 48.5 Å². The minimum atomic E-state index is -0.413. The first kappa shape index (κ1) is 19.7. The number of halogens is 2. The second kappa shape index (κ2) is 9.17. The Morgan fingerprint density at radius 3 is 2.31 bits per heavy atom. The lowest BCUT2D eigenvalue weighted by atomic mass is 10.2. The molecule has 0 spiro atoms. The van der Waals surface area contributed by atoms with Gasteiger partial charge in [0.25, 0.3) is 5.91 Å². The molecule has 1 fully saturated rings. The van der Waals surface area contributed by atoms with Crippen LogP contribution in [0.3, 0.4) is 0 Å². The van der Waals surface area contributed by atoms with Crippen LogP contribution in [0.5, 0.6) is 0 Å². The van der Waals surface area contributed by atoms with Crippen molar-refractivity contribution in [1.82, 2.24) is 10.2 Å². The molecule has 1 aliphatic heterocycles. The van der Waals surface area contributed by atoms with Crippen LogP contribution in [0, 0.1) is 5.82 Å². The van der Waals surface area contributed by atoms with Gasteiger partial charge in [0, 0.05) is 43.1 Å². The Kier molecular flexibility index (Phi) is 6.94. The van der Waals surface area contributed by atoms with Gasteiger partial charge in [-0.3, -0.25) is 4.79 Å². The third kappa shape index (κ3) is 5.18. The average Bonchev–Trinajstić information content (AvgIpc) is 2.63. The van der Waals surface area contributed by atoms with Crippen LogP contribution in [-0.2, 0) is 0 Å². The maximum absolute atomic E-state index is 13.1. The van der Waals surface area contributed by atoms with Crippen LogP contribution < -0.4 is 16.0 Å². The standard InChI is InChI=1S/C18H19FN4O2.ClH/c19-14-2-1-3-16(12-14)21-17(24)13-4-6-15(7-5-13)22-18(25)23-10-8-20-9-11-23;/h1-7,12,20H,8-11H2,(H,21,24)(H,22,25);1H. The van der Waals surface area contributed by atoms with Gasteiger partial charge in [-0.15, -0.1) is 12.4 Å². The lowest BCUT2D eigenvalue weighted by molar-refractivity contribution is 0.102. The van der Waals surface area contributed by atoms with Crippen molar-refractivity contribution in [2.75, 3.05) is 36.8 Å². The van der Waals surface area contributed by atoms with Crippen molar-refractivity contribution < 1.29 is 14.0 Å². The van der Waals surface area contributed by atoms with Gasteiger partial charge in [-0.2, -0.15) is 0 Å². The molecule has 3 N–H and O–H groups in total. The molecule has 0 aliphatic carbocycles. The van der Waals surface area contributed by atoms with Crippen LogP contribution in [0.2, 0.25) is 0 Å². The third-order valence-corrected chi connectivity index (χ3v) is 3.89. The number of piperazine rings is 1. The van der Waals surface area contributed by atoms with E-state index in [0.29, 0.717) is 30.0 Å². The smallest absolute Gasteiger partial charge is 0.321 e. The predicted octanol–water partition coefficient (Wildman–Crippen LogP) is 2.94. The molecule has 1 saturated heterocycles. The van der Waals surface area contributed by atoms with Gasteiger partial charge in [-0.1, -0.05) is 6.07 Å². The molecule has 0 unspecified atom stereocenters. The molecule has 2 aromatic rings. The number of amides is 3. The lowest BCUT2D eigenvalue weighted by Gasteiger charge is -2.27. The number of anilines is 2. The summed E-state index contributed by atoms with van der Waals surface area (Å²) in [5.74, 6) is -0.755. The van der Waals surface area contributed by atoms with Gasteiger partial charge in [0.15, 0.2) is 0 Å². The molecule has 1 heterocycles. The molecular formula is C18H20ClFN4O2.